The van der Waals surface area contributed by atoms with Gasteiger partial charge in [-0.2, -0.15) is 5.26 Å². The minimum absolute atomic E-state index is 0.100. The van der Waals surface area contributed by atoms with Gasteiger partial charge in [0.2, 0.25) is 5.78 Å². The first kappa shape index (κ1) is 14.4. The van der Waals surface area contributed by atoms with E-state index in [9.17, 15) is 4.79 Å². The normalized spacial score (nSPS) is 10.6. The predicted molar refractivity (Wildman–Crippen MR) is 79.3 cm³/mol. The van der Waals surface area contributed by atoms with Crippen molar-refractivity contribution in [2.24, 2.45) is 0 Å². The smallest absolute Gasteiger partial charge is 0.217 e. The third-order valence-electron chi connectivity index (χ3n) is 2.90. The summed E-state index contributed by atoms with van der Waals surface area (Å²) >= 11 is 0. The molecule has 0 aliphatic rings. The molecule has 1 unspecified atom stereocenters. The molecule has 0 fully saturated rings. The molecule has 0 spiro atoms. The number of benzene rings is 2. The van der Waals surface area contributed by atoms with Crippen molar-refractivity contribution < 1.29 is 9.53 Å². The second-order valence-electron chi connectivity index (χ2n) is 4.33. The highest BCUT2D eigenvalue weighted by molar-refractivity contribution is 6.00. The van der Waals surface area contributed by atoms with E-state index in [0.29, 0.717) is 5.75 Å². The Bertz CT molecular complexity index is 691. The lowest BCUT2D eigenvalue weighted by molar-refractivity contribution is -0.115. The number of carbonyl (C=O) groups excluding carboxylic acids is 1. The van der Waals surface area contributed by atoms with Crippen molar-refractivity contribution >= 4 is 5.78 Å². The highest BCUT2D eigenvalue weighted by Crippen LogP contribution is 2.19. The molecule has 2 rings (SSSR count). The van der Waals surface area contributed by atoms with Crippen molar-refractivity contribution in [2.45, 2.75) is 12.3 Å². The number of hydrogen-bond acceptors (Lipinski definition) is 3. The summed E-state index contributed by atoms with van der Waals surface area (Å²) in [7, 11) is 0. The van der Waals surface area contributed by atoms with Crippen LogP contribution in [0.1, 0.15) is 17.9 Å². The van der Waals surface area contributed by atoms with Gasteiger partial charge in [0.1, 0.15) is 11.9 Å². The fourth-order valence-corrected chi connectivity index (χ4v) is 1.85. The van der Waals surface area contributed by atoms with Gasteiger partial charge in [-0.3, -0.25) is 4.79 Å². The molecule has 3 nitrogen and oxygen atoms in total. The van der Waals surface area contributed by atoms with Crippen LogP contribution in [0, 0.1) is 23.4 Å². The highest BCUT2D eigenvalue weighted by Gasteiger charge is 2.18. The molecular weight excluding hydrogens is 262 g/mol. The number of rotatable bonds is 4. The maximum absolute atomic E-state index is 12.1. The highest BCUT2D eigenvalue weighted by atomic mass is 16.5. The van der Waals surface area contributed by atoms with Crippen LogP contribution < -0.4 is 4.74 Å². The van der Waals surface area contributed by atoms with Gasteiger partial charge < -0.3 is 4.74 Å². The maximum Gasteiger partial charge on any atom is 0.217 e. The van der Waals surface area contributed by atoms with Crippen molar-refractivity contribution in [1.29, 1.82) is 5.26 Å². The van der Waals surface area contributed by atoms with Crippen LogP contribution in [0.4, 0.5) is 0 Å². The lowest BCUT2D eigenvalue weighted by Gasteiger charge is -2.08. The summed E-state index contributed by atoms with van der Waals surface area (Å²) in [6, 6.07) is 20.2. The van der Waals surface area contributed by atoms with Gasteiger partial charge in [0.05, 0.1) is 12.0 Å². The summed E-state index contributed by atoms with van der Waals surface area (Å²) < 4.78 is 5.18. The van der Waals surface area contributed by atoms with Crippen LogP contribution in [-0.4, -0.2) is 5.78 Å². The third-order valence-corrected chi connectivity index (χ3v) is 2.90. The molecule has 0 aliphatic carbocycles. The molecule has 1 atom stereocenters. The third kappa shape index (κ3) is 4.23. The Balaban J connectivity index is 2.08. The number of nitrogens with zero attached hydrogens (tertiary/aromatic N) is 1. The Kier molecular flexibility index (Phi) is 5.15. The lowest BCUT2D eigenvalue weighted by atomic mass is 9.92. The quantitative estimate of drug-likeness (QED) is 0.804. The molecule has 0 amide bonds. The number of nitriles is 1. The topological polar surface area (TPSA) is 50.1 Å². The summed E-state index contributed by atoms with van der Waals surface area (Å²) in [4.78, 5) is 12.1. The molecule has 21 heavy (non-hydrogen) atoms. The van der Waals surface area contributed by atoms with Crippen LogP contribution in [0.3, 0.4) is 0 Å². The Morgan fingerprint density at radius 3 is 2.29 bits per heavy atom. The van der Waals surface area contributed by atoms with Crippen molar-refractivity contribution in [3.8, 4) is 23.8 Å². The van der Waals surface area contributed by atoms with Crippen LogP contribution >= 0.6 is 0 Å². The van der Waals surface area contributed by atoms with Crippen molar-refractivity contribution in [3.05, 3.63) is 66.2 Å². The van der Waals surface area contributed by atoms with E-state index in [1.165, 1.54) is 0 Å². The minimum Gasteiger partial charge on any atom is -0.407 e. The minimum atomic E-state index is -0.539. The van der Waals surface area contributed by atoms with Gasteiger partial charge in [0.15, 0.2) is 0 Å². The summed E-state index contributed by atoms with van der Waals surface area (Å²) in [5, 5.41) is 8.87. The van der Waals surface area contributed by atoms with Gasteiger partial charge in [-0.15, -0.1) is 0 Å². The zero-order valence-corrected chi connectivity index (χ0v) is 11.3. The van der Waals surface area contributed by atoms with Gasteiger partial charge in [-0.1, -0.05) is 48.5 Å². The van der Waals surface area contributed by atoms with Crippen molar-refractivity contribution in [3.63, 3.8) is 0 Å². The van der Waals surface area contributed by atoms with Gasteiger partial charge in [0, 0.05) is 12.3 Å². The SMILES string of the molecule is N#CCC(C(=O)C#COc1ccccc1)c1ccccc1. The number of ketones is 1. The fourth-order valence-electron chi connectivity index (χ4n) is 1.85. The first-order valence-corrected chi connectivity index (χ1v) is 6.50. The standard InChI is InChI=1S/C18H13NO2/c19-13-11-17(15-7-3-1-4-8-15)18(20)12-14-21-16-9-5-2-6-10-16/h1-10,17H,11H2. The number of Topliss-reactive ketones (excluding diaryl/α,β-unsaturated/α-hetero) is 1. The second-order valence-corrected chi connectivity index (χ2v) is 4.33. The van der Waals surface area contributed by atoms with E-state index in [2.05, 4.69) is 12.0 Å². The van der Waals surface area contributed by atoms with Crippen LogP contribution in [0.15, 0.2) is 60.7 Å². The first-order valence-electron chi connectivity index (χ1n) is 6.50. The van der Waals surface area contributed by atoms with Crippen LogP contribution in [-0.2, 0) is 4.79 Å². The molecule has 0 bridgehead atoms. The molecule has 0 saturated carbocycles. The van der Waals surface area contributed by atoms with Gasteiger partial charge in [-0.05, 0) is 17.7 Å². The molecule has 0 radical (unpaired) electrons. The zero-order valence-electron chi connectivity index (χ0n) is 11.3. The molecule has 2 aromatic carbocycles. The van der Waals surface area contributed by atoms with E-state index in [0.717, 1.165) is 5.56 Å². The molecule has 0 N–H and O–H groups in total. The largest absolute Gasteiger partial charge is 0.407 e. The Morgan fingerprint density at radius 1 is 1.05 bits per heavy atom. The fraction of sp³-hybridized carbons (Fsp3) is 0.111. The summed E-state index contributed by atoms with van der Waals surface area (Å²) in [5.74, 6) is 2.17. The van der Waals surface area contributed by atoms with Crippen LogP contribution in [0.2, 0.25) is 0 Å². The number of hydrogen-bond donors (Lipinski definition) is 0. The van der Waals surface area contributed by atoms with E-state index in [4.69, 9.17) is 10.00 Å². The van der Waals surface area contributed by atoms with Gasteiger partial charge in [-0.25, -0.2) is 0 Å². The predicted octanol–water partition coefficient (Wildman–Crippen LogP) is 3.29. The maximum atomic E-state index is 12.1. The lowest BCUT2D eigenvalue weighted by Crippen LogP contribution is -2.10. The molecular formula is C18H13NO2. The summed E-state index contributed by atoms with van der Waals surface area (Å²) in [6.07, 6.45) is 2.50. The molecule has 0 saturated heterocycles. The number of carbonyl (C=O) groups is 1. The molecule has 3 heteroatoms. The summed E-state index contributed by atoms with van der Waals surface area (Å²) in [5.41, 5.74) is 0.790. The Hall–Kier alpha value is -3.04. The van der Waals surface area contributed by atoms with E-state index in [-0.39, 0.29) is 12.2 Å². The second kappa shape index (κ2) is 7.53. The molecule has 2 aromatic rings. The molecule has 0 aliphatic heterocycles. The monoisotopic (exact) mass is 275 g/mol. The first-order chi connectivity index (χ1) is 10.3. The number of para-hydroxylation sites is 1. The average Bonchev–Trinajstić information content (AvgIpc) is 2.54. The molecule has 0 heterocycles. The van der Waals surface area contributed by atoms with Gasteiger partial charge >= 0.3 is 0 Å². The zero-order chi connectivity index (χ0) is 14.9. The molecule has 0 aromatic heterocycles. The average molecular weight is 275 g/mol. The van der Waals surface area contributed by atoms with E-state index in [1.807, 2.05) is 54.6 Å². The Labute approximate surface area is 123 Å². The van der Waals surface area contributed by atoms with Gasteiger partial charge in [0.25, 0.3) is 0 Å². The van der Waals surface area contributed by atoms with Crippen LogP contribution in [0.5, 0.6) is 5.75 Å². The van der Waals surface area contributed by atoms with E-state index < -0.39 is 5.92 Å². The number of ether oxygens (including phenoxy) is 1. The van der Waals surface area contributed by atoms with Crippen LogP contribution in [0.25, 0.3) is 0 Å². The van der Waals surface area contributed by atoms with E-state index >= 15 is 0 Å². The molecule has 102 valence electrons. The summed E-state index contributed by atoms with van der Waals surface area (Å²) in [6.45, 7) is 0. The van der Waals surface area contributed by atoms with Crippen molar-refractivity contribution in [1.82, 2.24) is 0 Å². The Morgan fingerprint density at radius 2 is 1.67 bits per heavy atom. The van der Waals surface area contributed by atoms with Crippen molar-refractivity contribution in [2.75, 3.05) is 0 Å². The van der Waals surface area contributed by atoms with E-state index in [1.54, 1.807) is 12.1 Å².